The van der Waals surface area contributed by atoms with E-state index in [-0.39, 0.29) is 35.8 Å². The Kier molecular flexibility index (Phi) is 9.16. The number of guanidine groups is 1. The Morgan fingerprint density at radius 3 is 2.54 bits per heavy atom. The van der Waals surface area contributed by atoms with E-state index in [1.807, 2.05) is 13.0 Å². The maximum absolute atomic E-state index is 11.9. The van der Waals surface area contributed by atoms with E-state index in [1.165, 1.54) is 4.90 Å². The van der Waals surface area contributed by atoms with Crippen LogP contribution in [0.4, 0.5) is 0 Å². The van der Waals surface area contributed by atoms with Crippen molar-refractivity contribution in [1.82, 2.24) is 25.2 Å². The summed E-state index contributed by atoms with van der Waals surface area (Å²) in [6.45, 7) is 7.96. The molecule has 2 saturated heterocycles. The number of carbonyl (C=O) groups is 2. The number of nitrogens with one attached hydrogen (secondary N) is 1. The first-order valence-corrected chi connectivity index (χ1v) is 9.65. The van der Waals surface area contributed by atoms with E-state index in [4.69, 9.17) is 4.52 Å². The van der Waals surface area contributed by atoms with Crippen molar-refractivity contribution >= 4 is 41.8 Å². The van der Waals surface area contributed by atoms with Crippen LogP contribution in [0.15, 0.2) is 21.8 Å². The fourth-order valence-electron chi connectivity index (χ4n) is 3.40. The van der Waals surface area contributed by atoms with Gasteiger partial charge in [0.15, 0.2) is 5.96 Å². The van der Waals surface area contributed by atoms with Gasteiger partial charge in [0.05, 0.1) is 12.2 Å². The van der Waals surface area contributed by atoms with Crippen molar-refractivity contribution in [3.8, 4) is 0 Å². The van der Waals surface area contributed by atoms with Gasteiger partial charge in [0.1, 0.15) is 6.26 Å². The summed E-state index contributed by atoms with van der Waals surface area (Å²) in [4.78, 5) is 34.3. The van der Waals surface area contributed by atoms with Crippen molar-refractivity contribution in [1.29, 1.82) is 0 Å². The number of likely N-dealkylation sites (tertiary alicyclic amines) is 1. The summed E-state index contributed by atoms with van der Waals surface area (Å²) in [5, 5.41) is 7.28. The summed E-state index contributed by atoms with van der Waals surface area (Å²) >= 11 is 0. The highest BCUT2D eigenvalue weighted by Crippen LogP contribution is 2.12. The molecule has 1 N–H and O–H groups in total. The average molecular weight is 504 g/mol. The van der Waals surface area contributed by atoms with Crippen molar-refractivity contribution in [3.63, 3.8) is 0 Å². The zero-order valence-electron chi connectivity index (χ0n) is 16.3. The second-order valence-corrected chi connectivity index (χ2v) is 6.78. The van der Waals surface area contributed by atoms with Gasteiger partial charge in [0, 0.05) is 64.7 Å². The zero-order chi connectivity index (χ0) is 19.1. The van der Waals surface area contributed by atoms with Crippen LogP contribution in [0.5, 0.6) is 0 Å². The minimum absolute atomic E-state index is 0. The lowest BCUT2D eigenvalue weighted by molar-refractivity contribution is -0.147. The summed E-state index contributed by atoms with van der Waals surface area (Å²) in [6.07, 6.45) is 3.18. The van der Waals surface area contributed by atoms with Gasteiger partial charge in [-0.15, -0.1) is 24.0 Å². The monoisotopic (exact) mass is 504 g/mol. The van der Waals surface area contributed by atoms with Gasteiger partial charge in [0.2, 0.25) is 11.8 Å². The molecule has 1 aromatic rings. The van der Waals surface area contributed by atoms with Crippen molar-refractivity contribution < 1.29 is 14.1 Å². The fraction of sp³-hybridized carbons (Fsp3) is 0.667. The van der Waals surface area contributed by atoms with E-state index in [2.05, 4.69) is 25.3 Å². The normalized spacial score (nSPS) is 19.0. The van der Waals surface area contributed by atoms with Crippen molar-refractivity contribution in [2.24, 2.45) is 4.99 Å². The number of nitrogens with zero attached hydrogens (tertiary/aromatic N) is 5. The first-order valence-electron chi connectivity index (χ1n) is 9.65. The molecule has 0 aromatic carbocycles. The van der Waals surface area contributed by atoms with E-state index in [0.717, 1.165) is 50.9 Å². The number of imide groups is 1. The van der Waals surface area contributed by atoms with Gasteiger partial charge in [-0.1, -0.05) is 5.16 Å². The number of carbonyl (C=O) groups excluding carboxylic acids is 2. The number of aromatic nitrogens is 1. The Morgan fingerprint density at radius 1 is 1.21 bits per heavy atom. The molecule has 2 aliphatic rings. The van der Waals surface area contributed by atoms with E-state index >= 15 is 0 Å². The summed E-state index contributed by atoms with van der Waals surface area (Å²) < 4.78 is 4.89. The second-order valence-electron chi connectivity index (χ2n) is 6.78. The Balaban J connectivity index is 0.00000280. The minimum Gasteiger partial charge on any atom is -0.364 e. The molecule has 3 heterocycles. The molecule has 0 spiro atoms. The molecule has 28 heavy (non-hydrogen) atoms. The predicted octanol–water partition coefficient (Wildman–Crippen LogP) is 0.915. The maximum Gasteiger partial charge on any atom is 0.229 e. The quantitative estimate of drug-likeness (QED) is 0.267. The van der Waals surface area contributed by atoms with Gasteiger partial charge in [0.25, 0.3) is 0 Å². The summed E-state index contributed by atoms with van der Waals surface area (Å²) in [5.74, 6) is 0.691. The predicted molar refractivity (Wildman–Crippen MR) is 115 cm³/mol. The Hall–Kier alpha value is -1.69. The molecule has 0 saturated carbocycles. The van der Waals surface area contributed by atoms with Crippen LogP contribution in [-0.2, 0) is 16.1 Å². The van der Waals surface area contributed by atoms with Crippen LogP contribution in [0, 0.1) is 0 Å². The molecule has 0 atom stereocenters. The molecule has 3 rings (SSSR count). The molecule has 2 amide bonds. The standard InChI is InChI=1S/C18H28N6O3.HI/c1-2-19-18(20-7-8-24-16(25)4-3-5-17(24)26)23-11-9-22(10-12-23)14-15-6-13-27-21-15;/h6,13H,2-5,7-12,14H2,1H3,(H,19,20);1H. The van der Waals surface area contributed by atoms with Gasteiger partial charge >= 0.3 is 0 Å². The highest BCUT2D eigenvalue weighted by Gasteiger charge is 2.25. The summed E-state index contributed by atoms with van der Waals surface area (Å²) in [5.41, 5.74) is 0.944. The van der Waals surface area contributed by atoms with Crippen LogP contribution in [0.25, 0.3) is 0 Å². The fourth-order valence-corrected chi connectivity index (χ4v) is 3.40. The molecule has 2 fully saturated rings. The lowest BCUT2D eigenvalue weighted by Crippen LogP contribution is -2.52. The molecule has 1 aromatic heterocycles. The number of piperazine rings is 1. The lowest BCUT2D eigenvalue weighted by atomic mass is 10.1. The Bertz CT molecular complexity index is 642. The number of hydrogen-bond acceptors (Lipinski definition) is 6. The van der Waals surface area contributed by atoms with E-state index in [0.29, 0.717) is 32.4 Å². The molecule has 0 unspecified atom stereocenters. The van der Waals surface area contributed by atoms with Crippen LogP contribution in [0.2, 0.25) is 0 Å². The van der Waals surface area contributed by atoms with Crippen LogP contribution in [-0.4, -0.2) is 83.4 Å². The molecule has 0 aliphatic carbocycles. The van der Waals surface area contributed by atoms with Gasteiger partial charge in [-0.3, -0.25) is 24.4 Å². The molecule has 2 aliphatic heterocycles. The molecule has 156 valence electrons. The molecule has 0 bridgehead atoms. The topological polar surface area (TPSA) is 94.3 Å². The summed E-state index contributed by atoms with van der Waals surface area (Å²) in [6, 6.07) is 1.89. The smallest absolute Gasteiger partial charge is 0.229 e. The Labute approximate surface area is 182 Å². The van der Waals surface area contributed by atoms with Crippen molar-refractivity contribution in [2.45, 2.75) is 32.7 Å². The number of rotatable bonds is 6. The van der Waals surface area contributed by atoms with Crippen LogP contribution in [0.1, 0.15) is 31.9 Å². The first-order chi connectivity index (χ1) is 13.2. The second kappa shape index (κ2) is 11.3. The third-order valence-electron chi connectivity index (χ3n) is 4.85. The third kappa shape index (κ3) is 6.16. The number of aliphatic imine (C=N–C) groups is 1. The highest BCUT2D eigenvalue weighted by molar-refractivity contribution is 14.0. The van der Waals surface area contributed by atoms with Gasteiger partial charge in [-0.05, 0) is 13.3 Å². The number of piperidine rings is 1. The van der Waals surface area contributed by atoms with Gasteiger partial charge in [-0.25, -0.2) is 0 Å². The highest BCUT2D eigenvalue weighted by atomic mass is 127. The molecular weight excluding hydrogens is 475 g/mol. The molecule has 9 nitrogen and oxygen atoms in total. The molecular formula is C18H29IN6O3. The minimum atomic E-state index is -0.0760. The van der Waals surface area contributed by atoms with Crippen LogP contribution >= 0.6 is 24.0 Å². The largest absolute Gasteiger partial charge is 0.364 e. The van der Waals surface area contributed by atoms with E-state index in [1.54, 1.807) is 6.26 Å². The first kappa shape index (κ1) is 22.6. The third-order valence-corrected chi connectivity index (χ3v) is 4.85. The average Bonchev–Trinajstić information content (AvgIpc) is 3.17. The summed E-state index contributed by atoms with van der Waals surface area (Å²) in [7, 11) is 0. The SMILES string of the molecule is CCNC(=NCCN1C(=O)CCCC1=O)N1CCN(Cc2ccon2)CC1.I. The number of amides is 2. The number of halogens is 1. The van der Waals surface area contributed by atoms with Gasteiger partial charge in [-0.2, -0.15) is 0 Å². The van der Waals surface area contributed by atoms with Crippen LogP contribution in [0.3, 0.4) is 0 Å². The lowest BCUT2D eigenvalue weighted by Gasteiger charge is -2.36. The Morgan fingerprint density at radius 2 is 1.93 bits per heavy atom. The van der Waals surface area contributed by atoms with E-state index < -0.39 is 0 Å². The van der Waals surface area contributed by atoms with E-state index in [9.17, 15) is 9.59 Å². The van der Waals surface area contributed by atoms with Crippen molar-refractivity contribution in [3.05, 3.63) is 18.0 Å². The number of hydrogen-bond donors (Lipinski definition) is 1. The van der Waals surface area contributed by atoms with Crippen LogP contribution < -0.4 is 5.32 Å². The van der Waals surface area contributed by atoms with Crippen molar-refractivity contribution in [2.75, 3.05) is 45.8 Å². The zero-order valence-corrected chi connectivity index (χ0v) is 18.6. The maximum atomic E-state index is 11.9. The van der Waals surface area contributed by atoms with Gasteiger partial charge < -0.3 is 14.7 Å². The molecule has 0 radical (unpaired) electrons. The molecule has 10 heteroatoms.